The quantitative estimate of drug-likeness (QED) is 0.765. The molecule has 1 atom stereocenters. The van der Waals surface area contributed by atoms with E-state index in [2.05, 4.69) is 9.88 Å². The minimum atomic E-state index is -0.439. The average Bonchev–Trinajstić information content (AvgIpc) is 2.87. The maximum atomic E-state index is 11.6. The molecule has 6 nitrogen and oxygen atoms in total. The summed E-state index contributed by atoms with van der Waals surface area (Å²) in [6, 6.07) is 5.55. The Hall–Kier alpha value is -1.92. The standard InChI is InChI=1S/C15H21N5O/c16-6-8-20-12-5-1-4-11(14(17)21)13(12)19-15(20)10-3-2-7-18-9-10/h1,4-5,10,18H,2-3,6-9,16H2,(H2,17,21). The Morgan fingerprint density at radius 1 is 1.48 bits per heavy atom. The van der Waals surface area contributed by atoms with Crippen molar-refractivity contribution in [1.29, 1.82) is 0 Å². The van der Waals surface area contributed by atoms with Crippen molar-refractivity contribution in [2.75, 3.05) is 19.6 Å². The van der Waals surface area contributed by atoms with Gasteiger partial charge in [-0.15, -0.1) is 0 Å². The second-order valence-corrected chi connectivity index (χ2v) is 5.49. The molecular formula is C15H21N5O. The summed E-state index contributed by atoms with van der Waals surface area (Å²) in [4.78, 5) is 16.3. The predicted molar refractivity (Wildman–Crippen MR) is 82.2 cm³/mol. The SMILES string of the molecule is NCCn1c(C2CCCNC2)nc2c(C(N)=O)cccc21. The molecule has 3 rings (SSSR count). The molecule has 2 heterocycles. The zero-order valence-corrected chi connectivity index (χ0v) is 12.0. The van der Waals surface area contributed by atoms with Crippen LogP contribution in [0.4, 0.5) is 0 Å². The third-order valence-corrected chi connectivity index (χ3v) is 4.09. The molecule has 1 saturated heterocycles. The molecule has 1 aliphatic rings. The summed E-state index contributed by atoms with van der Waals surface area (Å²) in [5.41, 5.74) is 13.3. The van der Waals surface area contributed by atoms with Crippen LogP contribution >= 0.6 is 0 Å². The number of fused-ring (bicyclic) bond motifs is 1. The van der Waals surface area contributed by atoms with Crippen LogP contribution in [0.25, 0.3) is 11.0 Å². The Morgan fingerprint density at radius 3 is 3.00 bits per heavy atom. The second-order valence-electron chi connectivity index (χ2n) is 5.49. The van der Waals surface area contributed by atoms with Gasteiger partial charge in [0.1, 0.15) is 11.3 Å². The number of amides is 1. The molecule has 1 unspecified atom stereocenters. The van der Waals surface area contributed by atoms with Crippen LogP contribution in [0.3, 0.4) is 0 Å². The van der Waals surface area contributed by atoms with Crippen molar-refractivity contribution >= 4 is 16.9 Å². The monoisotopic (exact) mass is 287 g/mol. The smallest absolute Gasteiger partial charge is 0.250 e. The fourth-order valence-corrected chi connectivity index (χ4v) is 3.11. The van der Waals surface area contributed by atoms with Gasteiger partial charge in [-0.05, 0) is 31.5 Å². The molecule has 0 bridgehead atoms. The highest BCUT2D eigenvalue weighted by molar-refractivity contribution is 6.04. The third kappa shape index (κ3) is 2.52. The zero-order chi connectivity index (χ0) is 14.8. The van der Waals surface area contributed by atoms with Crippen LogP contribution in [0.1, 0.15) is 34.9 Å². The summed E-state index contributed by atoms with van der Waals surface area (Å²) in [5, 5.41) is 3.41. The number of aromatic nitrogens is 2. The molecule has 6 heteroatoms. The molecule has 0 spiro atoms. The molecule has 1 aromatic carbocycles. The number of piperidine rings is 1. The van der Waals surface area contributed by atoms with Gasteiger partial charge in [-0.1, -0.05) is 6.07 Å². The van der Waals surface area contributed by atoms with E-state index in [1.807, 2.05) is 12.1 Å². The Balaban J connectivity index is 2.15. The Morgan fingerprint density at radius 2 is 2.33 bits per heavy atom. The van der Waals surface area contributed by atoms with Gasteiger partial charge < -0.3 is 21.4 Å². The van der Waals surface area contributed by atoms with Crippen LogP contribution in [0, 0.1) is 0 Å². The van der Waals surface area contributed by atoms with E-state index in [9.17, 15) is 4.79 Å². The van der Waals surface area contributed by atoms with E-state index >= 15 is 0 Å². The predicted octanol–water partition coefficient (Wildman–Crippen LogP) is 0.561. The first-order valence-electron chi connectivity index (χ1n) is 7.42. The number of nitrogens with zero attached hydrogens (tertiary/aromatic N) is 2. The normalized spacial score (nSPS) is 19.0. The molecule has 2 aromatic rings. The highest BCUT2D eigenvalue weighted by atomic mass is 16.1. The van der Waals surface area contributed by atoms with Crippen LogP contribution in [-0.4, -0.2) is 35.1 Å². The van der Waals surface area contributed by atoms with Crippen LogP contribution in [0.15, 0.2) is 18.2 Å². The third-order valence-electron chi connectivity index (χ3n) is 4.09. The number of rotatable bonds is 4. The van der Waals surface area contributed by atoms with Gasteiger partial charge in [0.25, 0.3) is 5.91 Å². The molecule has 0 saturated carbocycles. The Kier molecular flexibility index (Phi) is 3.90. The van der Waals surface area contributed by atoms with Gasteiger partial charge in [-0.25, -0.2) is 4.98 Å². The minimum Gasteiger partial charge on any atom is -0.366 e. The van der Waals surface area contributed by atoms with Crippen molar-refractivity contribution in [2.24, 2.45) is 11.5 Å². The van der Waals surface area contributed by atoms with E-state index in [0.29, 0.717) is 30.1 Å². The number of hydrogen-bond acceptors (Lipinski definition) is 4. The summed E-state index contributed by atoms with van der Waals surface area (Å²) in [5.74, 6) is 0.932. The van der Waals surface area contributed by atoms with Gasteiger partial charge in [-0.2, -0.15) is 0 Å². The number of para-hydroxylation sites is 1. The zero-order valence-electron chi connectivity index (χ0n) is 12.0. The fourth-order valence-electron chi connectivity index (χ4n) is 3.11. The maximum Gasteiger partial charge on any atom is 0.250 e. The van der Waals surface area contributed by atoms with E-state index in [4.69, 9.17) is 16.5 Å². The van der Waals surface area contributed by atoms with Crippen LogP contribution in [0.5, 0.6) is 0 Å². The lowest BCUT2D eigenvalue weighted by molar-refractivity contribution is 0.100. The molecule has 112 valence electrons. The number of hydrogen-bond donors (Lipinski definition) is 3. The fraction of sp³-hybridized carbons (Fsp3) is 0.467. The summed E-state index contributed by atoms with van der Waals surface area (Å²) in [6.45, 7) is 3.21. The molecule has 1 aromatic heterocycles. The molecule has 0 aliphatic carbocycles. The summed E-state index contributed by atoms with van der Waals surface area (Å²) >= 11 is 0. The van der Waals surface area contributed by atoms with Crippen LogP contribution in [0.2, 0.25) is 0 Å². The summed E-state index contributed by atoms with van der Waals surface area (Å²) < 4.78 is 2.14. The van der Waals surface area contributed by atoms with Crippen LogP contribution < -0.4 is 16.8 Å². The summed E-state index contributed by atoms with van der Waals surface area (Å²) in [6.07, 6.45) is 2.24. The van der Waals surface area contributed by atoms with Crippen molar-refractivity contribution < 1.29 is 4.79 Å². The van der Waals surface area contributed by atoms with E-state index in [0.717, 1.165) is 37.3 Å². The highest BCUT2D eigenvalue weighted by Gasteiger charge is 2.23. The number of primary amides is 1. The lowest BCUT2D eigenvalue weighted by Gasteiger charge is -2.23. The van der Waals surface area contributed by atoms with Gasteiger partial charge in [0.15, 0.2) is 0 Å². The first-order valence-corrected chi connectivity index (χ1v) is 7.42. The van der Waals surface area contributed by atoms with E-state index in [1.54, 1.807) is 6.07 Å². The Bertz CT molecular complexity index is 657. The molecule has 0 radical (unpaired) electrons. The van der Waals surface area contributed by atoms with Gasteiger partial charge >= 0.3 is 0 Å². The summed E-state index contributed by atoms with van der Waals surface area (Å²) in [7, 11) is 0. The molecular weight excluding hydrogens is 266 g/mol. The topological polar surface area (TPSA) is 99.0 Å². The molecule has 5 N–H and O–H groups in total. The average molecular weight is 287 g/mol. The van der Waals surface area contributed by atoms with Gasteiger partial charge in [0.2, 0.25) is 0 Å². The van der Waals surface area contributed by atoms with Gasteiger partial charge in [0, 0.05) is 25.6 Å². The van der Waals surface area contributed by atoms with E-state index in [-0.39, 0.29) is 0 Å². The number of carbonyl (C=O) groups excluding carboxylic acids is 1. The lowest BCUT2D eigenvalue weighted by Crippen LogP contribution is -2.30. The number of imidazole rings is 1. The Labute approximate surface area is 123 Å². The first kappa shape index (κ1) is 14.0. The van der Waals surface area contributed by atoms with Crippen molar-refractivity contribution in [3.63, 3.8) is 0 Å². The van der Waals surface area contributed by atoms with Crippen molar-refractivity contribution in [2.45, 2.75) is 25.3 Å². The lowest BCUT2D eigenvalue weighted by atomic mass is 9.99. The maximum absolute atomic E-state index is 11.6. The van der Waals surface area contributed by atoms with Crippen molar-refractivity contribution in [3.8, 4) is 0 Å². The molecule has 1 amide bonds. The first-order chi connectivity index (χ1) is 10.2. The number of nitrogens with two attached hydrogens (primary N) is 2. The van der Waals surface area contributed by atoms with Crippen molar-refractivity contribution in [3.05, 3.63) is 29.6 Å². The number of benzene rings is 1. The minimum absolute atomic E-state index is 0.360. The van der Waals surface area contributed by atoms with E-state index in [1.165, 1.54) is 0 Å². The molecule has 1 aliphatic heterocycles. The van der Waals surface area contributed by atoms with Crippen molar-refractivity contribution in [1.82, 2.24) is 14.9 Å². The largest absolute Gasteiger partial charge is 0.366 e. The van der Waals surface area contributed by atoms with Gasteiger partial charge in [-0.3, -0.25) is 4.79 Å². The van der Waals surface area contributed by atoms with Gasteiger partial charge in [0.05, 0.1) is 11.1 Å². The molecule has 21 heavy (non-hydrogen) atoms. The molecule has 1 fully saturated rings. The van der Waals surface area contributed by atoms with Crippen LogP contribution in [-0.2, 0) is 6.54 Å². The number of nitrogens with one attached hydrogen (secondary N) is 1. The van der Waals surface area contributed by atoms with E-state index < -0.39 is 5.91 Å². The number of carbonyl (C=O) groups is 1. The second kappa shape index (κ2) is 5.83. The highest BCUT2D eigenvalue weighted by Crippen LogP contribution is 2.28.